The molecular formula is C10H15ClOS2. The molecule has 1 rings (SSSR count). The molecule has 0 aliphatic carbocycles. The fourth-order valence-electron chi connectivity index (χ4n) is 1.11. The zero-order valence-electron chi connectivity index (χ0n) is 8.29. The summed E-state index contributed by atoms with van der Waals surface area (Å²) in [6.45, 7) is 2.12. The van der Waals surface area contributed by atoms with Crippen molar-refractivity contribution in [2.24, 2.45) is 0 Å². The summed E-state index contributed by atoms with van der Waals surface area (Å²) >= 11 is 6.67. The maximum atomic E-state index is 11.6. The van der Waals surface area contributed by atoms with E-state index >= 15 is 0 Å². The van der Waals surface area contributed by atoms with Gasteiger partial charge < -0.3 is 4.55 Å². The molecule has 0 saturated heterocycles. The smallest absolute Gasteiger partial charge is 0.139 e. The molecule has 0 N–H and O–H groups in total. The van der Waals surface area contributed by atoms with Crippen LogP contribution in [0.1, 0.15) is 29.5 Å². The van der Waals surface area contributed by atoms with E-state index in [0.717, 1.165) is 23.5 Å². The second-order valence-corrected chi connectivity index (χ2v) is 6.24. The van der Waals surface area contributed by atoms with E-state index in [1.165, 1.54) is 4.88 Å². The highest BCUT2D eigenvalue weighted by molar-refractivity contribution is 7.90. The van der Waals surface area contributed by atoms with Gasteiger partial charge in [0.25, 0.3) is 0 Å². The van der Waals surface area contributed by atoms with E-state index in [0.29, 0.717) is 11.6 Å². The monoisotopic (exact) mass is 250 g/mol. The quantitative estimate of drug-likeness (QED) is 0.560. The van der Waals surface area contributed by atoms with Gasteiger partial charge in [0.05, 0.1) is 10.8 Å². The van der Waals surface area contributed by atoms with Crippen molar-refractivity contribution in [3.05, 3.63) is 21.9 Å². The molecule has 4 heteroatoms. The molecule has 1 atom stereocenters. The lowest BCUT2D eigenvalue weighted by atomic mass is 10.4. The topological polar surface area (TPSA) is 23.1 Å². The third-order valence-electron chi connectivity index (χ3n) is 1.88. The Balaban J connectivity index is 2.35. The second-order valence-electron chi connectivity index (χ2n) is 3.14. The van der Waals surface area contributed by atoms with Crippen LogP contribution in [0.4, 0.5) is 0 Å². The van der Waals surface area contributed by atoms with Gasteiger partial charge in [0.2, 0.25) is 0 Å². The van der Waals surface area contributed by atoms with Crippen molar-refractivity contribution in [2.75, 3.05) is 5.75 Å². The number of unbranched alkanes of at least 4 members (excludes halogenated alkanes) is 1. The maximum Gasteiger partial charge on any atom is 0.139 e. The van der Waals surface area contributed by atoms with Gasteiger partial charge in [0, 0.05) is 4.88 Å². The van der Waals surface area contributed by atoms with Crippen LogP contribution in [0.15, 0.2) is 12.1 Å². The first kappa shape index (κ1) is 12.4. The van der Waals surface area contributed by atoms with Gasteiger partial charge in [-0.25, -0.2) is 0 Å². The van der Waals surface area contributed by atoms with Crippen molar-refractivity contribution in [3.63, 3.8) is 0 Å². The first-order valence-electron chi connectivity index (χ1n) is 4.74. The van der Waals surface area contributed by atoms with Crippen molar-refractivity contribution in [1.29, 1.82) is 0 Å². The molecule has 0 saturated carbocycles. The van der Waals surface area contributed by atoms with Crippen LogP contribution >= 0.6 is 22.9 Å². The molecule has 0 radical (unpaired) electrons. The predicted molar refractivity (Wildman–Crippen MR) is 65.5 cm³/mol. The van der Waals surface area contributed by atoms with Crippen LogP contribution in [-0.2, 0) is 22.8 Å². The number of alkyl halides is 1. The number of thiophene rings is 1. The lowest BCUT2D eigenvalue weighted by Crippen LogP contribution is -2.08. The van der Waals surface area contributed by atoms with Gasteiger partial charge in [-0.3, -0.25) is 0 Å². The largest absolute Gasteiger partial charge is 0.616 e. The predicted octanol–water partition coefficient (Wildman–Crippen LogP) is 3.54. The Morgan fingerprint density at radius 3 is 2.71 bits per heavy atom. The summed E-state index contributed by atoms with van der Waals surface area (Å²) in [6, 6.07) is 4.05. The van der Waals surface area contributed by atoms with Crippen molar-refractivity contribution >= 4 is 34.1 Å². The van der Waals surface area contributed by atoms with E-state index in [9.17, 15) is 4.55 Å². The average Bonchev–Trinajstić information content (AvgIpc) is 2.62. The van der Waals surface area contributed by atoms with Crippen LogP contribution in [-0.4, -0.2) is 10.3 Å². The SMILES string of the molecule is CCCC[S+]([O-])Cc1ccc(CCl)s1. The van der Waals surface area contributed by atoms with Gasteiger partial charge in [-0.2, -0.15) is 0 Å². The first-order chi connectivity index (χ1) is 6.76. The van der Waals surface area contributed by atoms with E-state index < -0.39 is 11.2 Å². The Morgan fingerprint density at radius 1 is 1.43 bits per heavy atom. The number of halogens is 1. The molecule has 0 aliphatic rings. The van der Waals surface area contributed by atoms with Gasteiger partial charge in [-0.15, -0.1) is 22.9 Å². The molecule has 1 nitrogen and oxygen atoms in total. The van der Waals surface area contributed by atoms with Gasteiger partial charge in [0.15, 0.2) is 0 Å². The summed E-state index contributed by atoms with van der Waals surface area (Å²) < 4.78 is 11.6. The minimum atomic E-state index is -0.692. The fourth-order valence-corrected chi connectivity index (χ4v) is 3.82. The molecule has 0 amide bonds. The van der Waals surface area contributed by atoms with Crippen LogP contribution in [0.25, 0.3) is 0 Å². The van der Waals surface area contributed by atoms with Gasteiger partial charge in [0.1, 0.15) is 11.5 Å². The minimum absolute atomic E-state index is 0.562. The standard InChI is InChI=1S/C10H15ClOS2/c1-2-3-6-14(12)8-10-5-4-9(7-11)13-10/h4-5H,2-3,6-8H2,1H3. The summed E-state index contributed by atoms with van der Waals surface area (Å²) in [4.78, 5) is 2.35. The molecule has 0 aliphatic heterocycles. The number of rotatable bonds is 6. The highest BCUT2D eigenvalue weighted by Gasteiger charge is 2.08. The van der Waals surface area contributed by atoms with Crippen LogP contribution < -0.4 is 0 Å². The number of hydrogen-bond donors (Lipinski definition) is 0. The molecule has 0 aromatic carbocycles. The summed E-state index contributed by atoms with van der Waals surface area (Å²) in [7, 11) is 0. The summed E-state index contributed by atoms with van der Waals surface area (Å²) in [5.41, 5.74) is 0. The maximum absolute atomic E-state index is 11.6. The fraction of sp³-hybridized carbons (Fsp3) is 0.600. The summed E-state index contributed by atoms with van der Waals surface area (Å²) in [5.74, 6) is 2.08. The summed E-state index contributed by atoms with van der Waals surface area (Å²) in [6.07, 6.45) is 2.17. The van der Waals surface area contributed by atoms with Crippen molar-refractivity contribution < 1.29 is 4.55 Å². The average molecular weight is 251 g/mol. The highest BCUT2D eigenvalue weighted by Crippen LogP contribution is 2.20. The molecular weight excluding hydrogens is 236 g/mol. The molecule has 1 aromatic rings. The third kappa shape index (κ3) is 4.22. The van der Waals surface area contributed by atoms with Crippen molar-refractivity contribution in [2.45, 2.75) is 31.4 Å². The Kier molecular flexibility index (Phi) is 5.94. The Bertz CT molecular complexity index is 262. The van der Waals surface area contributed by atoms with Gasteiger partial charge >= 0.3 is 0 Å². The minimum Gasteiger partial charge on any atom is -0.616 e. The molecule has 14 heavy (non-hydrogen) atoms. The molecule has 0 fully saturated rings. The van der Waals surface area contributed by atoms with E-state index in [4.69, 9.17) is 11.6 Å². The van der Waals surface area contributed by atoms with E-state index in [-0.39, 0.29) is 0 Å². The zero-order valence-corrected chi connectivity index (χ0v) is 10.7. The van der Waals surface area contributed by atoms with Gasteiger partial charge in [-0.05, 0) is 29.7 Å². The van der Waals surface area contributed by atoms with Crippen LogP contribution in [0, 0.1) is 0 Å². The molecule has 1 heterocycles. The van der Waals surface area contributed by atoms with Crippen LogP contribution in [0.5, 0.6) is 0 Å². The second kappa shape index (κ2) is 6.72. The Labute approximate surface area is 97.7 Å². The summed E-state index contributed by atoms with van der Waals surface area (Å²) in [5, 5.41) is 0. The third-order valence-corrected chi connectivity index (χ3v) is 4.97. The normalized spacial score (nSPS) is 13.1. The van der Waals surface area contributed by atoms with Crippen LogP contribution in [0.2, 0.25) is 0 Å². The molecule has 0 spiro atoms. The number of hydrogen-bond acceptors (Lipinski definition) is 2. The molecule has 1 aromatic heterocycles. The lowest BCUT2D eigenvalue weighted by Gasteiger charge is -2.08. The highest BCUT2D eigenvalue weighted by atomic mass is 35.5. The van der Waals surface area contributed by atoms with Crippen molar-refractivity contribution in [3.8, 4) is 0 Å². The molecule has 1 unspecified atom stereocenters. The van der Waals surface area contributed by atoms with Gasteiger partial charge in [-0.1, -0.05) is 13.3 Å². The van der Waals surface area contributed by atoms with Crippen LogP contribution in [0.3, 0.4) is 0 Å². The van der Waals surface area contributed by atoms with Crippen molar-refractivity contribution in [1.82, 2.24) is 0 Å². The van der Waals surface area contributed by atoms with E-state index in [1.54, 1.807) is 11.3 Å². The molecule has 80 valence electrons. The zero-order chi connectivity index (χ0) is 10.4. The molecule has 0 bridgehead atoms. The lowest BCUT2D eigenvalue weighted by molar-refractivity contribution is 0.591. The van der Waals surface area contributed by atoms with E-state index in [1.807, 2.05) is 12.1 Å². The first-order valence-corrected chi connectivity index (χ1v) is 7.58. The Hall–Kier alpha value is 0.300. The Morgan fingerprint density at radius 2 is 2.14 bits per heavy atom. The van der Waals surface area contributed by atoms with E-state index in [2.05, 4.69) is 6.92 Å².